The number of nitriles is 1. The summed E-state index contributed by atoms with van der Waals surface area (Å²) in [6.07, 6.45) is 1.57. The summed E-state index contributed by atoms with van der Waals surface area (Å²) in [5, 5.41) is 14.6. The van der Waals surface area contributed by atoms with Crippen molar-refractivity contribution in [2.24, 2.45) is 0 Å². The summed E-state index contributed by atoms with van der Waals surface area (Å²) < 4.78 is 27.6. The Balaban J connectivity index is 1.63. The molecule has 0 bridgehead atoms. The van der Waals surface area contributed by atoms with Gasteiger partial charge in [-0.1, -0.05) is 36.4 Å². The summed E-state index contributed by atoms with van der Waals surface area (Å²) in [6.45, 7) is 1.65. The van der Waals surface area contributed by atoms with Gasteiger partial charge in [0.25, 0.3) is 0 Å². The minimum atomic E-state index is -0.938. The lowest BCUT2D eigenvalue weighted by Gasteiger charge is -2.35. The first-order valence-electron chi connectivity index (χ1n) is 10.6. The third-order valence-corrected chi connectivity index (χ3v) is 5.66. The highest BCUT2D eigenvalue weighted by Crippen LogP contribution is 2.26. The van der Waals surface area contributed by atoms with Gasteiger partial charge in [-0.25, -0.2) is 18.6 Å². The van der Waals surface area contributed by atoms with E-state index in [1.807, 2.05) is 36.4 Å². The van der Waals surface area contributed by atoms with Crippen molar-refractivity contribution >= 4 is 17.8 Å². The van der Waals surface area contributed by atoms with Crippen molar-refractivity contribution in [3.8, 4) is 6.07 Å². The van der Waals surface area contributed by atoms with E-state index in [0.29, 0.717) is 16.9 Å². The number of amides is 3. The fourth-order valence-corrected chi connectivity index (χ4v) is 3.91. The number of hydrogen-bond acceptors (Lipinski definition) is 4. The number of benzene rings is 2. The van der Waals surface area contributed by atoms with Gasteiger partial charge in [0, 0.05) is 29.8 Å². The first-order chi connectivity index (χ1) is 16.4. The van der Waals surface area contributed by atoms with Gasteiger partial charge in [-0.2, -0.15) is 5.26 Å². The van der Waals surface area contributed by atoms with Crippen molar-refractivity contribution in [1.29, 1.82) is 5.26 Å². The highest BCUT2D eigenvalue weighted by Gasteiger charge is 2.35. The van der Waals surface area contributed by atoms with E-state index in [1.165, 1.54) is 17.2 Å². The number of anilines is 1. The number of rotatable bonds is 6. The maximum absolute atomic E-state index is 14.3. The lowest BCUT2D eigenvalue weighted by molar-refractivity contribution is -0.126. The fraction of sp³-hybridized carbons (Fsp3) is 0.200. The zero-order valence-corrected chi connectivity index (χ0v) is 18.3. The molecule has 2 heterocycles. The maximum Gasteiger partial charge on any atom is 0.324 e. The van der Waals surface area contributed by atoms with Crippen molar-refractivity contribution in [2.75, 3.05) is 5.32 Å². The molecule has 1 aliphatic rings. The van der Waals surface area contributed by atoms with E-state index in [1.54, 1.807) is 13.0 Å². The molecule has 0 radical (unpaired) electrons. The lowest BCUT2D eigenvalue weighted by Crippen LogP contribution is -2.53. The molecule has 2 N–H and O–H groups in total. The van der Waals surface area contributed by atoms with Gasteiger partial charge in [0.15, 0.2) is 0 Å². The highest BCUT2D eigenvalue weighted by molar-refractivity contribution is 5.95. The molecule has 172 valence electrons. The molecule has 0 saturated carbocycles. The summed E-state index contributed by atoms with van der Waals surface area (Å²) >= 11 is 0. The Kier molecular flexibility index (Phi) is 6.50. The van der Waals surface area contributed by atoms with Crippen LogP contribution in [0.2, 0.25) is 0 Å². The zero-order chi connectivity index (χ0) is 24.2. The predicted molar refractivity (Wildman–Crippen MR) is 120 cm³/mol. The number of fused-ring (bicyclic) bond motifs is 1. The molecule has 2 atom stereocenters. The standard InChI is InChI=1S/C25H21F2N5O2/c1-15(20-8-7-19(26)11-21(20)27)30-24(33)22(10-16-5-3-2-4-6-16)32-14-18-9-17(12-28)13-29-23(18)31-25(32)34/h2-9,11,13,15,22H,10,14H2,1H3,(H,30,33)(H,29,31,34)/t15-,22+/m1/s1. The van der Waals surface area contributed by atoms with Gasteiger partial charge in [0.05, 0.1) is 18.2 Å². The number of pyridine rings is 1. The molecular weight excluding hydrogens is 440 g/mol. The maximum atomic E-state index is 14.3. The average Bonchev–Trinajstić information content (AvgIpc) is 2.82. The average molecular weight is 461 g/mol. The van der Waals surface area contributed by atoms with Crippen molar-refractivity contribution < 1.29 is 18.4 Å². The van der Waals surface area contributed by atoms with Crippen LogP contribution in [0.25, 0.3) is 0 Å². The van der Waals surface area contributed by atoms with E-state index in [-0.39, 0.29) is 18.5 Å². The molecule has 0 fully saturated rings. The number of hydrogen-bond donors (Lipinski definition) is 2. The van der Waals surface area contributed by atoms with E-state index < -0.39 is 35.7 Å². The molecule has 9 heteroatoms. The van der Waals surface area contributed by atoms with Crippen LogP contribution in [0.15, 0.2) is 60.8 Å². The number of halogens is 2. The summed E-state index contributed by atoms with van der Waals surface area (Å²) in [5.41, 5.74) is 1.89. The molecule has 1 aliphatic heterocycles. The van der Waals surface area contributed by atoms with Crippen LogP contribution in [0, 0.1) is 23.0 Å². The Morgan fingerprint density at radius 3 is 2.71 bits per heavy atom. The molecule has 0 saturated heterocycles. The minimum Gasteiger partial charge on any atom is -0.348 e. The summed E-state index contributed by atoms with van der Waals surface area (Å²) in [7, 11) is 0. The first-order valence-corrected chi connectivity index (χ1v) is 10.6. The molecule has 4 rings (SSSR count). The van der Waals surface area contributed by atoms with Crippen LogP contribution in [-0.2, 0) is 17.8 Å². The van der Waals surface area contributed by atoms with E-state index in [4.69, 9.17) is 0 Å². The Morgan fingerprint density at radius 1 is 1.24 bits per heavy atom. The normalized spacial score (nSPS) is 14.4. The van der Waals surface area contributed by atoms with Crippen LogP contribution < -0.4 is 10.6 Å². The van der Waals surface area contributed by atoms with Crippen LogP contribution >= 0.6 is 0 Å². The fourth-order valence-electron chi connectivity index (χ4n) is 3.91. The summed E-state index contributed by atoms with van der Waals surface area (Å²) in [6, 6.07) is 13.8. The number of nitrogens with zero attached hydrogens (tertiary/aromatic N) is 3. The van der Waals surface area contributed by atoms with Gasteiger partial charge in [-0.05, 0) is 24.6 Å². The Labute approximate surface area is 195 Å². The molecule has 1 aromatic heterocycles. The van der Waals surface area contributed by atoms with E-state index >= 15 is 0 Å². The Bertz CT molecular complexity index is 1280. The number of carbonyl (C=O) groups is 2. The number of aromatic nitrogens is 1. The second-order valence-electron chi connectivity index (χ2n) is 8.00. The lowest BCUT2D eigenvalue weighted by atomic mass is 10.0. The molecule has 34 heavy (non-hydrogen) atoms. The van der Waals surface area contributed by atoms with Gasteiger partial charge in [-0.3, -0.25) is 10.1 Å². The monoisotopic (exact) mass is 461 g/mol. The van der Waals surface area contributed by atoms with Gasteiger partial charge in [0.1, 0.15) is 29.6 Å². The van der Waals surface area contributed by atoms with Crippen molar-refractivity contribution in [1.82, 2.24) is 15.2 Å². The highest BCUT2D eigenvalue weighted by atomic mass is 19.1. The largest absolute Gasteiger partial charge is 0.348 e. The van der Waals surface area contributed by atoms with Crippen molar-refractivity contribution in [2.45, 2.75) is 32.0 Å². The van der Waals surface area contributed by atoms with Crippen LogP contribution in [0.4, 0.5) is 19.4 Å². The smallest absolute Gasteiger partial charge is 0.324 e. The summed E-state index contributed by atoms with van der Waals surface area (Å²) in [4.78, 5) is 31.8. The van der Waals surface area contributed by atoms with Crippen LogP contribution in [0.5, 0.6) is 0 Å². The topological polar surface area (TPSA) is 98.1 Å². The van der Waals surface area contributed by atoms with Crippen LogP contribution in [0.3, 0.4) is 0 Å². The number of nitrogens with one attached hydrogen (secondary N) is 2. The molecule has 0 spiro atoms. The Morgan fingerprint density at radius 2 is 2.00 bits per heavy atom. The van der Waals surface area contributed by atoms with Gasteiger partial charge in [0.2, 0.25) is 5.91 Å². The van der Waals surface area contributed by atoms with Gasteiger partial charge in [-0.15, -0.1) is 0 Å². The van der Waals surface area contributed by atoms with Crippen molar-refractivity contribution in [3.05, 3.63) is 94.7 Å². The minimum absolute atomic E-state index is 0.0634. The summed E-state index contributed by atoms with van der Waals surface area (Å²) in [5.74, 6) is -1.65. The molecule has 3 aromatic rings. The van der Waals surface area contributed by atoms with E-state index in [0.717, 1.165) is 17.7 Å². The molecule has 7 nitrogen and oxygen atoms in total. The Hall–Kier alpha value is -4.32. The zero-order valence-electron chi connectivity index (χ0n) is 18.3. The predicted octanol–water partition coefficient (Wildman–Crippen LogP) is 4.07. The van der Waals surface area contributed by atoms with Crippen LogP contribution in [-0.4, -0.2) is 27.9 Å². The van der Waals surface area contributed by atoms with Crippen LogP contribution in [0.1, 0.15) is 35.2 Å². The third-order valence-electron chi connectivity index (χ3n) is 5.66. The second kappa shape index (κ2) is 9.67. The molecular formula is C25H21F2N5O2. The second-order valence-corrected chi connectivity index (χ2v) is 8.00. The molecule has 0 aliphatic carbocycles. The van der Waals surface area contributed by atoms with E-state index in [2.05, 4.69) is 15.6 Å². The number of carbonyl (C=O) groups excluding carboxylic acids is 2. The SMILES string of the molecule is C[C@@H](NC(=O)[C@H](Cc1ccccc1)N1Cc2cc(C#N)cnc2NC1=O)c1ccc(F)cc1F. The van der Waals surface area contributed by atoms with Crippen molar-refractivity contribution in [3.63, 3.8) is 0 Å². The van der Waals surface area contributed by atoms with E-state index in [9.17, 15) is 23.6 Å². The quantitative estimate of drug-likeness (QED) is 0.578. The third kappa shape index (κ3) is 4.86. The van der Waals surface area contributed by atoms with Gasteiger partial charge < -0.3 is 10.2 Å². The first kappa shape index (κ1) is 22.9. The number of urea groups is 1. The molecule has 0 unspecified atom stereocenters. The van der Waals surface area contributed by atoms with Gasteiger partial charge >= 0.3 is 6.03 Å². The molecule has 2 aromatic carbocycles. The molecule has 3 amide bonds.